The topological polar surface area (TPSA) is 80.6 Å². The van der Waals surface area contributed by atoms with Crippen molar-refractivity contribution >= 4 is 50.0 Å². The molecule has 0 spiro atoms. The third-order valence-corrected chi connectivity index (χ3v) is 6.59. The fourth-order valence-corrected chi connectivity index (χ4v) is 4.70. The number of pyridine rings is 1. The summed E-state index contributed by atoms with van der Waals surface area (Å²) in [5, 5.41) is 3.47. The third-order valence-electron chi connectivity index (χ3n) is 6.10. The van der Waals surface area contributed by atoms with Crippen molar-refractivity contribution in [3.63, 3.8) is 0 Å². The number of ether oxygens (including phenoxy) is 1. The van der Waals surface area contributed by atoms with Crippen LogP contribution in [0.1, 0.15) is 15.9 Å². The maximum atomic E-state index is 13.1. The number of benzene rings is 3. The number of methoxy groups -OCH3 is 1. The van der Waals surface area contributed by atoms with Gasteiger partial charge in [-0.25, -0.2) is 0 Å². The number of carbonyl (C=O) groups is 2. The molecule has 3 aromatic carbocycles. The van der Waals surface area contributed by atoms with Gasteiger partial charge in [0.2, 0.25) is 5.91 Å². The van der Waals surface area contributed by atoms with Crippen LogP contribution in [0.4, 0.5) is 11.4 Å². The Morgan fingerprint density at radius 3 is 2.60 bits per heavy atom. The Hall–Kier alpha value is -3.91. The van der Waals surface area contributed by atoms with E-state index >= 15 is 0 Å². The van der Waals surface area contributed by atoms with Crippen molar-refractivity contribution in [1.82, 2.24) is 4.57 Å². The molecule has 35 heavy (non-hydrogen) atoms. The van der Waals surface area contributed by atoms with Gasteiger partial charge in [-0.05, 0) is 66.6 Å². The molecule has 0 fully saturated rings. The number of aromatic nitrogens is 1. The van der Waals surface area contributed by atoms with E-state index in [1.54, 1.807) is 53.1 Å². The number of hydrogen-bond acceptors (Lipinski definition) is 4. The quantitative estimate of drug-likeness (QED) is 0.407. The van der Waals surface area contributed by atoms with E-state index in [4.69, 9.17) is 4.74 Å². The average molecular weight is 532 g/mol. The number of carbonyl (C=O) groups excluding carboxylic acids is 2. The number of hydrogen-bond donors (Lipinski definition) is 1. The molecule has 1 N–H and O–H groups in total. The molecule has 0 saturated carbocycles. The van der Waals surface area contributed by atoms with E-state index in [0.717, 1.165) is 22.1 Å². The molecule has 1 aromatic heterocycles. The molecular weight excluding hydrogens is 510 g/mol. The second kappa shape index (κ2) is 9.38. The van der Waals surface area contributed by atoms with Gasteiger partial charge < -0.3 is 19.5 Å². The molecule has 0 saturated heterocycles. The van der Waals surface area contributed by atoms with Crippen molar-refractivity contribution in [3.8, 4) is 5.75 Å². The molecule has 0 radical (unpaired) electrons. The minimum absolute atomic E-state index is 0.0456. The van der Waals surface area contributed by atoms with E-state index in [-0.39, 0.29) is 23.8 Å². The van der Waals surface area contributed by atoms with Crippen LogP contribution in [-0.4, -0.2) is 30.0 Å². The molecule has 4 aromatic rings. The number of amides is 2. The Morgan fingerprint density at radius 2 is 1.83 bits per heavy atom. The zero-order chi connectivity index (χ0) is 24.5. The Bertz CT molecular complexity index is 1510. The summed E-state index contributed by atoms with van der Waals surface area (Å²) in [5.74, 6) is 0.362. The normalized spacial score (nSPS) is 12.5. The Balaban J connectivity index is 1.35. The van der Waals surface area contributed by atoms with E-state index in [2.05, 4.69) is 21.2 Å². The highest BCUT2D eigenvalue weighted by atomic mass is 79.9. The Morgan fingerprint density at radius 1 is 1.03 bits per heavy atom. The van der Waals surface area contributed by atoms with Crippen molar-refractivity contribution in [2.75, 3.05) is 23.9 Å². The lowest BCUT2D eigenvalue weighted by atomic mass is 10.1. The van der Waals surface area contributed by atoms with Crippen molar-refractivity contribution in [3.05, 3.63) is 98.7 Å². The fraction of sp³-hybridized carbons (Fsp3) is 0.148. The van der Waals surface area contributed by atoms with E-state index < -0.39 is 0 Å². The second-order valence-electron chi connectivity index (χ2n) is 8.30. The summed E-state index contributed by atoms with van der Waals surface area (Å²) < 4.78 is 7.72. The van der Waals surface area contributed by atoms with Crippen LogP contribution in [0, 0.1) is 0 Å². The zero-order valence-electron chi connectivity index (χ0n) is 19.0. The minimum Gasteiger partial charge on any atom is -0.497 e. The molecule has 0 unspecified atom stereocenters. The van der Waals surface area contributed by atoms with Crippen LogP contribution in [0.15, 0.2) is 82.2 Å². The molecule has 0 bridgehead atoms. The van der Waals surface area contributed by atoms with E-state index in [1.807, 2.05) is 30.3 Å². The van der Waals surface area contributed by atoms with Gasteiger partial charge in [0.05, 0.1) is 12.6 Å². The van der Waals surface area contributed by atoms with Crippen LogP contribution in [0.3, 0.4) is 0 Å². The minimum atomic E-state index is -0.233. The molecule has 1 aliphatic heterocycles. The van der Waals surface area contributed by atoms with Gasteiger partial charge >= 0.3 is 0 Å². The Labute approximate surface area is 210 Å². The number of fused-ring (bicyclic) bond motifs is 2. The predicted octanol–water partition coefficient (Wildman–Crippen LogP) is 4.61. The molecule has 8 heteroatoms. The van der Waals surface area contributed by atoms with Crippen LogP contribution in [0.5, 0.6) is 5.75 Å². The van der Waals surface area contributed by atoms with Gasteiger partial charge in [-0.1, -0.05) is 22.0 Å². The summed E-state index contributed by atoms with van der Waals surface area (Å²) >= 11 is 3.39. The maximum absolute atomic E-state index is 13.1. The first-order valence-corrected chi connectivity index (χ1v) is 11.9. The first kappa shape index (κ1) is 22.9. The number of nitrogens with one attached hydrogen (secondary N) is 1. The molecule has 0 atom stereocenters. The van der Waals surface area contributed by atoms with Gasteiger partial charge in [0.25, 0.3) is 5.91 Å². The summed E-state index contributed by atoms with van der Waals surface area (Å²) in [4.78, 5) is 39.9. The smallest absolute Gasteiger partial charge is 0.258 e. The zero-order valence-corrected chi connectivity index (χ0v) is 20.5. The maximum Gasteiger partial charge on any atom is 0.258 e. The lowest BCUT2D eigenvalue weighted by molar-refractivity contribution is -0.116. The van der Waals surface area contributed by atoms with Crippen LogP contribution >= 0.6 is 15.9 Å². The SMILES string of the molecule is COc1ccc(C(=O)N2CCc3ccc(NC(=O)Cn4ccc(=O)c5cc(Br)ccc54)cc32)cc1. The molecule has 2 amide bonds. The first-order valence-electron chi connectivity index (χ1n) is 11.1. The van der Waals surface area contributed by atoms with Gasteiger partial charge in [0.1, 0.15) is 12.3 Å². The van der Waals surface area contributed by atoms with E-state index in [1.165, 1.54) is 6.07 Å². The van der Waals surface area contributed by atoms with Gasteiger partial charge in [-0.15, -0.1) is 0 Å². The standard InChI is InChI=1S/C27H22BrN3O4/c1-35-21-7-3-18(4-8-21)27(34)31-13-10-17-2-6-20(15-24(17)31)29-26(33)16-30-12-11-25(32)22-14-19(28)5-9-23(22)30/h2-9,11-12,14-15H,10,13,16H2,1H3,(H,29,33). The highest BCUT2D eigenvalue weighted by Gasteiger charge is 2.26. The molecule has 5 rings (SSSR count). The molecule has 0 aliphatic carbocycles. The highest BCUT2D eigenvalue weighted by Crippen LogP contribution is 2.32. The highest BCUT2D eigenvalue weighted by molar-refractivity contribution is 9.10. The summed E-state index contributed by atoms with van der Waals surface area (Å²) in [6.07, 6.45) is 2.38. The number of anilines is 2. The van der Waals surface area contributed by atoms with E-state index in [9.17, 15) is 14.4 Å². The molecule has 1 aliphatic rings. The van der Waals surface area contributed by atoms with Crippen molar-refractivity contribution in [2.24, 2.45) is 0 Å². The summed E-state index contributed by atoms with van der Waals surface area (Å²) in [7, 11) is 1.59. The van der Waals surface area contributed by atoms with Gasteiger partial charge in [-0.2, -0.15) is 0 Å². The average Bonchev–Trinajstić information content (AvgIpc) is 3.28. The van der Waals surface area contributed by atoms with Crippen molar-refractivity contribution < 1.29 is 14.3 Å². The molecule has 2 heterocycles. The van der Waals surface area contributed by atoms with E-state index in [0.29, 0.717) is 34.4 Å². The Kier molecular flexibility index (Phi) is 6.13. The van der Waals surface area contributed by atoms with Crippen molar-refractivity contribution in [2.45, 2.75) is 13.0 Å². The molecule has 176 valence electrons. The van der Waals surface area contributed by atoms with Crippen LogP contribution in [0.2, 0.25) is 0 Å². The van der Waals surface area contributed by atoms with Crippen LogP contribution in [-0.2, 0) is 17.8 Å². The largest absolute Gasteiger partial charge is 0.497 e. The lowest BCUT2D eigenvalue weighted by Gasteiger charge is -2.19. The fourth-order valence-electron chi connectivity index (χ4n) is 4.33. The van der Waals surface area contributed by atoms with Gasteiger partial charge in [-0.3, -0.25) is 14.4 Å². The summed E-state index contributed by atoms with van der Waals surface area (Å²) in [6.45, 7) is 0.626. The second-order valence-corrected chi connectivity index (χ2v) is 9.21. The molecular formula is C27H22BrN3O4. The predicted molar refractivity (Wildman–Crippen MR) is 139 cm³/mol. The monoisotopic (exact) mass is 531 g/mol. The summed E-state index contributed by atoms with van der Waals surface area (Å²) in [6, 6.07) is 19.5. The number of rotatable bonds is 5. The van der Waals surface area contributed by atoms with Crippen LogP contribution < -0.4 is 20.4 Å². The van der Waals surface area contributed by atoms with Crippen molar-refractivity contribution in [1.29, 1.82) is 0 Å². The van der Waals surface area contributed by atoms with Crippen LogP contribution in [0.25, 0.3) is 10.9 Å². The number of nitrogens with zero attached hydrogens (tertiary/aromatic N) is 2. The molecule has 7 nitrogen and oxygen atoms in total. The summed E-state index contributed by atoms with van der Waals surface area (Å²) in [5.41, 5.74) is 3.62. The number of halogens is 1. The third kappa shape index (κ3) is 4.57. The van der Waals surface area contributed by atoms with Gasteiger partial charge in [0.15, 0.2) is 5.43 Å². The lowest BCUT2D eigenvalue weighted by Crippen LogP contribution is -2.29. The van der Waals surface area contributed by atoms with Gasteiger partial charge in [0, 0.05) is 45.6 Å². The first-order chi connectivity index (χ1) is 16.9.